The first-order valence-electron chi connectivity index (χ1n) is 11.8. The van der Waals surface area contributed by atoms with Gasteiger partial charge in [-0.2, -0.15) is 4.98 Å². The standard InChI is InChI=1S/C30H18N6/c1-2-8-20(9-3-1)35-23-12-6-4-10-21(23)27-25(35)14-15-26-28(27)22-11-5-7-13-24(22)36(26)30-32-17-19-16-31-18-33-29(19)34-30/h1-18H. The van der Waals surface area contributed by atoms with Gasteiger partial charge in [-0.25, -0.2) is 15.0 Å². The second-order valence-electron chi connectivity index (χ2n) is 8.87. The smallest absolute Gasteiger partial charge is 0.236 e. The molecule has 0 saturated carbocycles. The van der Waals surface area contributed by atoms with Crippen LogP contribution in [0, 0.1) is 0 Å². The molecular weight excluding hydrogens is 444 g/mol. The summed E-state index contributed by atoms with van der Waals surface area (Å²) >= 11 is 0. The van der Waals surface area contributed by atoms with E-state index in [1.54, 1.807) is 12.4 Å². The molecule has 6 nitrogen and oxygen atoms in total. The van der Waals surface area contributed by atoms with Crippen molar-refractivity contribution < 1.29 is 0 Å². The molecule has 0 N–H and O–H groups in total. The molecule has 0 unspecified atom stereocenters. The molecule has 4 aromatic carbocycles. The molecule has 0 fully saturated rings. The summed E-state index contributed by atoms with van der Waals surface area (Å²) in [5.41, 5.74) is 6.25. The highest BCUT2D eigenvalue weighted by atomic mass is 15.2. The minimum Gasteiger partial charge on any atom is -0.309 e. The van der Waals surface area contributed by atoms with Crippen molar-refractivity contribution in [3.05, 3.63) is 110 Å². The minimum absolute atomic E-state index is 0.596. The average Bonchev–Trinajstić information content (AvgIpc) is 3.46. The molecule has 0 amide bonds. The number of aromatic nitrogens is 6. The molecule has 4 aromatic heterocycles. The van der Waals surface area contributed by atoms with Crippen LogP contribution in [0.15, 0.2) is 110 Å². The van der Waals surface area contributed by atoms with Gasteiger partial charge in [0.05, 0.1) is 27.5 Å². The molecule has 0 saturated heterocycles. The van der Waals surface area contributed by atoms with Crippen LogP contribution < -0.4 is 0 Å². The van der Waals surface area contributed by atoms with Crippen molar-refractivity contribution in [2.24, 2.45) is 0 Å². The summed E-state index contributed by atoms with van der Waals surface area (Å²) in [7, 11) is 0. The summed E-state index contributed by atoms with van der Waals surface area (Å²) < 4.78 is 4.49. The van der Waals surface area contributed by atoms with Gasteiger partial charge in [0.15, 0.2) is 5.65 Å². The SMILES string of the molecule is c1ccc(-n2c3ccccc3c3c4c5ccccc5n(-c5ncc6cncnc6n5)c4ccc32)cc1. The summed E-state index contributed by atoms with van der Waals surface area (Å²) in [6, 6.07) is 32.0. The van der Waals surface area contributed by atoms with Crippen molar-refractivity contribution in [2.45, 2.75) is 0 Å². The lowest BCUT2D eigenvalue weighted by Gasteiger charge is -2.08. The predicted molar refractivity (Wildman–Crippen MR) is 144 cm³/mol. The fourth-order valence-electron chi connectivity index (χ4n) is 5.47. The van der Waals surface area contributed by atoms with Crippen LogP contribution in [0.3, 0.4) is 0 Å². The lowest BCUT2D eigenvalue weighted by molar-refractivity contribution is 0.996. The molecule has 0 atom stereocenters. The summed E-state index contributed by atoms with van der Waals surface area (Å²) in [5, 5.41) is 5.62. The maximum Gasteiger partial charge on any atom is 0.236 e. The number of hydrogen-bond donors (Lipinski definition) is 0. The summed E-state index contributed by atoms with van der Waals surface area (Å²) in [6.45, 7) is 0. The maximum absolute atomic E-state index is 4.81. The Bertz CT molecular complexity index is 2100. The molecule has 36 heavy (non-hydrogen) atoms. The average molecular weight is 463 g/mol. The van der Waals surface area contributed by atoms with Crippen LogP contribution in [-0.2, 0) is 0 Å². The number of nitrogens with zero attached hydrogens (tertiary/aromatic N) is 6. The highest BCUT2D eigenvalue weighted by Gasteiger charge is 2.21. The molecular formula is C30H18N6. The van der Waals surface area contributed by atoms with E-state index in [1.807, 2.05) is 0 Å². The molecule has 8 aromatic rings. The van der Waals surface area contributed by atoms with Gasteiger partial charge in [0, 0.05) is 39.6 Å². The molecule has 0 aliphatic carbocycles. The van der Waals surface area contributed by atoms with E-state index in [4.69, 9.17) is 9.97 Å². The van der Waals surface area contributed by atoms with Gasteiger partial charge in [-0.15, -0.1) is 0 Å². The molecule has 0 radical (unpaired) electrons. The van der Waals surface area contributed by atoms with Gasteiger partial charge in [-0.3, -0.25) is 4.57 Å². The van der Waals surface area contributed by atoms with E-state index in [0.717, 1.165) is 22.1 Å². The first-order chi connectivity index (χ1) is 17.9. The molecule has 0 aliphatic heterocycles. The number of hydrogen-bond acceptors (Lipinski definition) is 4. The molecule has 0 spiro atoms. The van der Waals surface area contributed by atoms with Crippen LogP contribution in [-0.4, -0.2) is 29.1 Å². The van der Waals surface area contributed by atoms with E-state index in [-0.39, 0.29) is 0 Å². The van der Waals surface area contributed by atoms with Crippen molar-refractivity contribution in [1.29, 1.82) is 0 Å². The van der Waals surface area contributed by atoms with E-state index >= 15 is 0 Å². The van der Waals surface area contributed by atoms with Crippen LogP contribution in [0.1, 0.15) is 0 Å². The van der Waals surface area contributed by atoms with Crippen LogP contribution in [0.4, 0.5) is 0 Å². The summed E-state index contributed by atoms with van der Waals surface area (Å²) in [4.78, 5) is 18.0. The fraction of sp³-hybridized carbons (Fsp3) is 0. The minimum atomic E-state index is 0.596. The van der Waals surface area contributed by atoms with E-state index in [9.17, 15) is 0 Å². The molecule has 4 heterocycles. The lowest BCUT2D eigenvalue weighted by atomic mass is 10.1. The van der Waals surface area contributed by atoms with Crippen LogP contribution in [0.2, 0.25) is 0 Å². The van der Waals surface area contributed by atoms with Gasteiger partial charge in [0.25, 0.3) is 0 Å². The van der Waals surface area contributed by atoms with Gasteiger partial charge in [0.2, 0.25) is 5.95 Å². The first-order valence-corrected chi connectivity index (χ1v) is 11.8. The topological polar surface area (TPSA) is 61.4 Å². The normalized spacial score (nSPS) is 11.9. The summed E-state index contributed by atoms with van der Waals surface area (Å²) in [5.74, 6) is 0.596. The van der Waals surface area contributed by atoms with E-state index < -0.39 is 0 Å². The van der Waals surface area contributed by atoms with Crippen molar-refractivity contribution in [1.82, 2.24) is 29.1 Å². The lowest BCUT2D eigenvalue weighted by Crippen LogP contribution is -2.01. The number of para-hydroxylation sites is 3. The quantitative estimate of drug-likeness (QED) is 0.290. The molecule has 8 rings (SSSR count). The Morgan fingerprint density at radius 2 is 1.17 bits per heavy atom. The van der Waals surface area contributed by atoms with Gasteiger partial charge >= 0.3 is 0 Å². The Balaban J connectivity index is 1.57. The third-order valence-corrected chi connectivity index (χ3v) is 6.93. The van der Waals surface area contributed by atoms with E-state index in [0.29, 0.717) is 11.6 Å². The Hall–Kier alpha value is -5.10. The van der Waals surface area contributed by atoms with Crippen molar-refractivity contribution in [3.8, 4) is 11.6 Å². The van der Waals surface area contributed by atoms with Gasteiger partial charge in [-0.05, 0) is 36.4 Å². The highest BCUT2D eigenvalue weighted by molar-refractivity contribution is 6.28. The van der Waals surface area contributed by atoms with E-state index in [1.165, 1.54) is 38.9 Å². The van der Waals surface area contributed by atoms with Crippen molar-refractivity contribution in [3.63, 3.8) is 0 Å². The Morgan fingerprint density at radius 3 is 1.92 bits per heavy atom. The maximum atomic E-state index is 4.81. The Morgan fingerprint density at radius 1 is 0.528 bits per heavy atom. The number of fused-ring (bicyclic) bond motifs is 8. The third-order valence-electron chi connectivity index (χ3n) is 6.93. The zero-order valence-electron chi connectivity index (χ0n) is 19.1. The highest BCUT2D eigenvalue weighted by Crippen LogP contribution is 2.41. The monoisotopic (exact) mass is 462 g/mol. The fourth-order valence-corrected chi connectivity index (χ4v) is 5.47. The summed E-state index contributed by atoms with van der Waals surface area (Å²) in [6.07, 6.45) is 5.05. The first kappa shape index (κ1) is 19.2. The largest absolute Gasteiger partial charge is 0.309 e. The van der Waals surface area contributed by atoms with Gasteiger partial charge in [-0.1, -0.05) is 54.6 Å². The van der Waals surface area contributed by atoms with Gasteiger partial charge in [0.1, 0.15) is 6.33 Å². The molecule has 0 bridgehead atoms. The predicted octanol–water partition coefficient (Wildman–Crippen LogP) is 6.61. The number of rotatable bonds is 2. The van der Waals surface area contributed by atoms with Gasteiger partial charge < -0.3 is 4.57 Å². The second kappa shape index (κ2) is 7.20. The molecule has 168 valence electrons. The van der Waals surface area contributed by atoms with Crippen LogP contribution in [0.25, 0.3) is 66.3 Å². The zero-order chi connectivity index (χ0) is 23.6. The van der Waals surface area contributed by atoms with Crippen molar-refractivity contribution in [2.75, 3.05) is 0 Å². The van der Waals surface area contributed by atoms with E-state index in [2.05, 4.69) is 110 Å². The molecule has 0 aliphatic rings. The number of benzene rings is 4. The van der Waals surface area contributed by atoms with Crippen molar-refractivity contribution >= 4 is 54.6 Å². The van der Waals surface area contributed by atoms with Crippen LogP contribution in [0.5, 0.6) is 0 Å². The Labute approximate surface area is 205 Å². The third kappa shape index (κ3) is 2.55. The zero-order valence-corrected chi connectivity index (χ0v) is 19.1. The van der Waals surface area contributed by atoms with Crippen LogP contribution >= 0.6 is 0 Å². The second-order valence-corrected chi connectivity index (χ2v) is 8.87. The Kier molecular flexibility index (Phi) is 3.85. The molecule has 6 heteroatoms.